The zero-order valence-corrected chi connectivity index (χ0v) is 11.1. The van der Waals surface area contributed by atoms with Crippen molar-refractivity contribution in [1.82, 2.24) is 4.98 Å². The fourth-order valence-electron chi connectivity index (χ4n) is 2.70. The Morgan fingerprint density at radius 2 is 2.21 bits per heavy atom. The molecule has 1 atom stereocenters. The van der Waals surface area contributed by atoms with Crippen LogP contribution >= 0.6 is 0 Å². The fraction of sp³-hybridized carbons (Fsp3) is 0.400. The molecular formula is C15H19N3O. The highest BCUT2D eigenvalue weighted by atomic mass is 16.3. The molecule has 1 aliphatic rings. The Kier molecular flexibility index (Phi) is 2.92. The number of benzene rings is 1. The highest BCUT2D eigenvalue weighted by Crippen LogP contribution is 2.29. The molecule has 2 aromatic rings. The summed E-state index contributed by atoms with van der Waals surface area (Å²) in [7, 11) is 0. The first kappa shape index (κ1) is 12.4. The molecule has 1 aromatic carbocycles. The third kappa shape index (κ3) is 2.29. The van der Waals surface area contributed by atoms with Crippen LogP contribution in [0.1, 0.15) is 18.9 Å². The van der Waals surface area contributed by atoms with Crippen LogP contribution in [0.5, 0.6) is 0 Å². The van der Waals surface area contributed by atoms with Crippen molar-refractivity contribution < 1.29 is 5.11 Å². The van der Waals surface area contributed by atoms with Crippen LogP contribution in [0.2, 0.25) is 0 Å². The molecule has 1 fully saturated rings. The molecular weight excluding hydrogens is 238 g/mol. The van der Waals surface area contributed by atoms with Gasteiger partial charge in [-0.2, -0.15) is 0 Å². The summed E-state index contributed by atoms with van der Waals surface area (Å²) in [6.45, 7) is 3.78. The number of para-hydroxylation sites is 1. The van der Waals surface area contributed by atoms with Crippen LogP contribution in [-0.4, -0.2) is 28.8 Å². The number of anilines is 1. The first-order valence-corrected chi connectivity index (χ1v) is 6.65. The standard InChI is InChI=1S/C15H19N3O/c1-15(19)6-7-18(10-15)14-12(9-16)8-11-4-2-3-5-13(11)17-14/h2-5,8,19H,6-7,9-10,16H2,1H3. The quantitative estimate of drug-likeness (QED) is 0.859. The topological polar surface area (TPSA) is 62.4 Å². The maximum Gasteiger partial charge on any atom is 0.133 e. The monoisotopic (exact) mass is 257 g/mol. The molecule has 4 heteroatoms. The predicted octanol–water partition coefficient (Wildman–Crippen LogP) is 1.65. The van der Waals surface area contributed by atoms with Crippen molar-refractivity contribution in [1.29, 1.82) is 0 Å². The molecule has 0 bridgehead atoms. The number of aromatic nitrogens is 1. The van der Waals surface area contributed by atoms with E-state index in [1.54, 1.807) is 0 Å². The molecule has 1 unspecified atom stereocenters. The predicted molar refractivity (Wildman–Crippen MR) is 77.1 cm³/mol. The number of hydrogen-bond acceptors (Lipinski definition) is 4. The Morgan fingerprint density at radius 1 is 1.42 bits per heavy atom. The zero-order chi connectivity index (χ0) is 13.5. The molecule has 0 saturated carbocycles. The van der Waals surface area contributed by atoms with Crippen LogP contribution in [0.4, 0.5) is 5.82 Å². The average molecular weight is 257 g/mol. The number of aliphatic hydroxyl groups is 1. The highest BCUT2D eigenvalue weighted by molar-refractivity contribution is 5.81. The lowest BCUT2D eigenvalue weighted by Crippen LogP contribution is -2.30. The second-order valence-electron chi connectivity index (χ2n) is 5.54. The molecule has 1 aliphatic heterocycles. The lowest BCUT2D eigenvalue weighted by molar-refractivity contribution is 0.0839. The maximum absolute atomic E-state index is 10.1. The van der Waals surface area contributed by atoms with Crippen molar-refractivity contribution in [3.8, 4) is 0 Å². The van der Waals surface area contributed by atoms with Gasteiger partial charge in [-0.1, -0.05) is 18.2 Å². The maximum atomic E-state index is 10.1. The third-order valence-electron chi connectivity index (χ3n) is 3.75. The lowest BCUT2D eigenvalue weighted by Gasteiger charge is -2.22. The Balaban J connectivity index is 2.07. The van der Waals surface area contributed by atoms with Crippen molar-refractivity contribution in [2.75, 3.05) is 18.0 Å². The van der Waals surface area contributed by atoms with Crippen LogP contribution in [0.3, 0.4) is 0 Å². The molecule has 1 saturated heterocycles. The minimum Gasteiger partial charge on any atom is -0.388 e. The van der Waals surface area contributed by atoms with Gasteiger partial charge >= 0.3 is 0 Å². The number of hydrogen-bond donors (Lipinski definition) is 2. The summed E-state index contributed by atoms with van der Waals surface area (Å²) in [6.07, 6.45) is 0.769. The minimum absolute atomic E-state index is 0.464. The number of fused-ring (bicyclic) bond motifs is 1. The zero-order valence-electron chi connectivity index (χ0n) is 11.1. The molecule has 0 radical (unpaired) electrons. The van der Waals surface area contributed by atoms with Crippen molar-refractivity contribution in [3.05, 3.63) is 35.9 Å². The van der Waals surface area contributed by atoms with Crippen LogP contribution in [0.15, 0.2) is 30.3 Å². The van der Waals surface area contributed by atoms with E-state index in [0.717, 1.165) is 35.2 Å². The molecule has 100 valence electrons. The van der Waals surface area contributed by atoms with E-state index in [1.165, 1.54) is 0 Å². The Bertz CT molecular complexity index is 609. The van der Waals surface area contributed by atoms with Crippen molar-refractivity contribution >= 4 is 16.7 Å². The number of pyridine rings is 1. The van der Waals surface area contributed by atoms with E-state index >= 15 is 0 Å². The summed E-state index contributed by atoms with van der Waals surface area (Å²) in [6, 6.07) is 10.1. The van der Waals surface area contributed by atoms with Gasteiger partial charge in [-0.05, 0) is 25.5 Å². The summed E-state index contributed by atoms with van der Waals surface area (Å²) < 4.78 is 0. The Labute approximate surface area is 112 Å². The molecule has 0 spiro atoms. The van der Waals surface area contributed by atoms with Crippen LogP contribution in [0.25, 0.3) is 10.9 Å². The molecule has 19 heavy (non-hydrogen) atoms. The van der Waals surface area contributed by atoms with E-state index < -0.39 is 5.60 Å². The molecule has 3 rings (SSSR count). The lowest BCUT2D eigenvalue weighted by atomic mass is 10.1. The Morgan fingerprint density at radius 3 is 2.89 bits per heavy atom. The summed E-state index contributed by atoms with van der Waals surface area (Å²) >= 11 is 0. The fourth-order valence-corrected chi connectivity index (χ4v) is 2.70. The van der Waals surface area contributed by atoms with Gasteiger partial charge in [0.1, 0.15) is 5.82 Å². The summed E-state index contributed by atoms with van der Waals surface area (Å²) in [4.78, 5) is 6.86. The highest BCUT2D eigenvalue weighted by Gasteiger charge is 2.32. The summed E-state index contributed by atoms with van der Waals surface area (Å²) in [5.74, 6) is 0.916. The van der Waals surface area contributed by atoms with Gasteiger partial charge in [-0.3, -0.25) is 0 Å². The summed E-state index contributed by atoms with van der Waals surface area (Å²) in [5, 5.41) is 11.2. The SMILES string of the molecule is CC1(O)CCN(c2nc3ccccc3cc2CN)C1. The molecule has 3 N–H and O–H groups in total. The van der Waals surface area contributed by atoms with Crippen LogP contribution in [0, 0.1) is 0 Å². The van der Waals surface area contributed by atoms with Gasteiger partial charge in [-0.25, -0.2) is 4.98 Å². The normalized spacial score (nSPS) is 23.2. The second kappa shape index (κ2) is 4.47. The second-order valence-corrected chi connectivity index (χ2v) is 5.54. The van der Waals surface area contributed by atoms with Crippen molar-refractivity contribution in [2.24, 2.45) is 5.73 Å². The van der Waals surface area contributed by atoms with Gasteiger partial charge in [0.05, 0.1) is 11.1 Å². The van der Waals surface area contributed by atoms with Gasteiger partial charge in [0, 0.05) is 30.6 Å². The number of nitrogens with zero attached hydrogens (tertiary/aromatic N) is 2. The van der Waals surface area contributed by atoms with Gasteiger partial charge in [0.25, 0.3) is 0 Å². The third-order valence-corrected chi connectivity index (χ3v) is 3.75. The number of nitrogens with two attached hydrogens (primary N) is 1. The minimum atomic E-state index is -0.626. The van der Waals surface area contributed by atoms with E-state index in [4.69, 9.17) is 10.7 Å². The average Bonchev–Trinajstić information content (AvgIpc) is 2.77. The van der Waals surface area contributed by atoms with Gasteiger partial charge in [0.2, 0.25) is 0 Å². The molecule has 2 heterocycles. The van der Waals surface area contributed by atoms with E-state index in [2.05, 4.69) is 11.0 Å². The number of β-amino-alcohol motifs (C(OH)–C–C–N with tert-alkyl or cyclic N) is 1. The molecule has 0 amide bonds. The summed E-state index contributed by atoms with van der Waals surface area (Å²) in [5.41, 5.74) is 7.23. The molecule has 4 nitrogen and oxygen atoms in total. The Hall–Kier alpha value is -1.65. The number of rotatable bonds is 2. The molecule has 1 aromatic heterocycles. The van der Waals surface area contributed by atoms with Crippen molar-refractivity contribution in [3.63, 3.8) is 0 Å². The van der Waals surface area contributed by atoms with Crippen LogP contribution < -0.4 is 10.6 Å². The van der Waals surface area contributed by atoms with E-state index in [1.807, 2.05) is 31.2 Å². The van der Waals surface area contributed by atoms with E-state index in [0.29, 0.717) is 13.1 Å². The largest absolute Gasteiger partial charge is 0.388 e. The van der Waals surface area contributed by atoms with Crippen molar-refractivity contribution in [2.45, 2.75) is 25.5 Å². The van der Waals surface area contributed by atoms with E-state index in [-0.39, 0.29) is 0 Å². The first-order valence-electron chi connectivity index (χ1n) is 6.65. The van der Waals surface area contributed by atoms with E-state index in [9.17, 15) is 5.11 Å². The molecule has 0 aliphatic carbocycles. The smallest absolute Gasteiger partial charge is 0.133 e. The van der Waals surface area contributed by atoms with Gasteiger partial charge < -0.3 is 15.7 Å². The van der Waals surface area contributed by atoms with Gasteiger partial charge in [-0.15, -0.1) is 0 Å². The van der Waals surface area contributed by atoms with Crippen LogP contribution in [-0.2, 0) is 6.54 Å². The van der Waals surface area contributed by atoms with Gasteiger partial charge in [0.15, 0.2) is 0 Å². The first-order chi connectivity index (χ1) is 9.09.